The van der Waals surface area contributed by atoms with E-state index < -0.39 is 0 Å². The molecule has 0 unspecified atom stereocenters. The standard InChI is InChI=1S/C24H25N7O2/c32-15-3-10-30-11-13-31(14-12-30)18-8-6-17(7-9-18)24(33)27-22-16-21(28-29-22)23-25-19-4-1-2-5-20(19)26-23/h1-2,4-9,15-16H,3,10-14H2,(H,25,26)(H2,27,28,29,33). The number of piperazine rings is 1. The van der Waals surface area contributed by atoms with Crippen LogP contribution in [0.15, 0.2) is 54.6 Å². The predicted octanol–water partition coefficient (Wildman–Crippen LogP) is 2.92. The molecular formula is C24H25N7O2. The van der Waals surface area contributed by atoms with Crippen LogP contribution in [-0.2, 0) is 4.79 Å². The summed E-state index contributed by atoms with van der Waals surface area (Å²) < 4.78 is 0. The van der Waals surface area contributed by atoms with E-state index in [9.17, 15) is 9.59 Å². The zero-order valence-electron chi connectivity index (χ0n) is 18.1. The zero-order chi connectivity index (χ0) is 22.6. The molecule has 1 aliphatic heterocycles. The number of amides is 1. The number of carbonyl (C=O) groups is 2. The van der Waals surface area contributed by atoms with Crippen LogP contribution in [0, 0.1) is 0 Å². The van der Waals surface area contributed by atoms with E-state index >= 15 is 0 Å². The van der Waals surface area contributed by atoms with Gasteiger partial charge in [-0.25, -0.2) is 4.98 Å². The first-order chi connectivity index (χ1) is 16.2. The zero-order valence-corrected chi connectivity index (χ0v) is 18.1. The summed E-state index contributed by atoms with van der Waals surface area (Å²) in [4.78, 5) is 35.6. The van der Waals surface area contributed by atoms with Crippen LogP contribution in [0.4, 0.5) is 11.5 Å². The number of imidazole rings is 1. The van der Waals surface area contributed by atoms with Crippen molar-refractivity contribution in [1.29, 1.82) is 0 Å². The monoisotopic (exact) mass is 443 g/mol. The molecule has 1 saturated heterocycles. The summed E-state index contributed by atoms with van der Waals surface area (Å²) in [7, 11) is 0. The van der Waals surface area contributed by atoms with Crippen molar-refractivity contribution in [3.05, 3.63) is 60.2 Å². The molecule has 33 heavy (non-hydrogen) atoms. The van der Waals surface area contributed by atoms with Crippen molar-refractivity contribution in [2.45, 2.75) is 6.42 Å². The van der Waals surface area contributed by atoms with E-state index in [2.05, 4.69) is 35.3 Å². The van der Waals surface area contributed by atoms with Gasteiger partial charge in [-0.3, -0.25) is 14.8 Å². The van der Waals surface area contributed by atoms with Gasteiger partial charge in [-0.05, 0) is 36.4 Å². The van der Waals surface area contributed by atoms with Gasteiger partial charge in [0.2, 0.25) is 0 Å². The number of anilines is 2. The molecule has 0 atom stereocenters. The van der Waals surface area contributed by atoms with Crippen LogP contribution in [0.25, 0.3) is 22.6 Å². The molecule has 2 aromatic heterocycles. The number of aromatic nitrogens is 4. The molecule has 0 radical (unpaired) electrons. The summed E-state index contributed by atoms with van der Waals surface area (Å²) in [5.74, 6) is 0.883. The third-order valence-electron chi connectivity index (χ3n) is 5.89. The van der Waals surface area contributed by atoms with E-state index in [0.717, 1.165) is 55.7 Å². The Balaban J connectivity index is 1.20. The molecule has 0 spiro atoms. The van der Waals surface area contributed by atoms with Gasteiger partial charge in [0.25, 0.3) is 5.91 Å². The highest BCUT2D eigenvalue weighted by Crippen LogP contribution is 2.22. The Morgan fingerprint density at radius 1 is 1.06 bits per heavy atom. The minimum atomic E-state index is -0.220. The third kappa shape index (κ3) is 4.63. The molecule has 3 N–H and O–H groups in total. The Kier molecular flexibility index (Phi) is 5.86. The summed E-state index contributed by atoms with van der Waals surface area (Å²) in [5.41, 5.74) is 4.17. The minimum absolute atomic E-state index is 0.220. The first-order valence-electron chi connectivity index (χ1n) is 11.0. The summed E-state index contributed by atoms with van der Waals surface area (Å²) in [6.45, 7) is 4.50. The molecule has 1 amide bonds. The SMILES string of the molecule is O=CCCN1CCN(c2ccc(C(=O)Nc3cc(-c4nc5ccccc5[nH]4)[nH]n3)cc2)CC1. The predicted molar refractivity (Wildman–Crippen MR) is 127 cm³/mol. The summed E-state index contributed by atoms with van der Waals surface area (Å²) in [6.07, 6.45) is 1.55. The molecule has 0 aliphatic carbocycles. The number of nitrogens with zero attached hydrogens (tertiary/aromatic N) is 4. The van der Waals surface area contributed by atoms with Gasteiger partial charge in [0.15, 0.2) is 11.6 Å². The molecule has 2 aromatic carbocycles. The fraction of sp³-hybridized carbons (Fsp3) is 0.250. The first-order valence-corrected chi connectivity index (χ1v) is 11.0. The Bertz CT molecular complexity index is 1220. The largest absolute Gasteiger partial charge is 0.369 e. The Morgan fingerprint density at radius 3 is 2.61 bits per heavy atom. The van der Waals surface area contributed by atoms with E-state index in [-0.39, 0.29) is 5.91 Å². The molecule has 4 aromatic rings. The van der Waals surface area contributed by atoms with Crippen molar-refractivity contribution in [2.24, 2.45) is 0 Å². The molecule has 0 saturated carbocycles. The molecule has 5 rings (SSSR count). The van der Waals surface area contributed by atoms with E-state index in [1.165, 1.54) is 0 Å². The van der Waals surface area contributed by atoms with Crippen LogP contribution in [0.1, 0.15) is 16.8 Å². The van der Waals surface area contributed by atoms with Gasteiger partial charge in [-0.1, -0.05) is 12.1 Å². The van der Waals surface area contributed by atoms with E-state index in [0.29, 0.717) is 29.3 Å². The first kappa shape index (κ1) is 20.9. The van der Waals surface area contributed by atoms with Gasteiger partial charge in [-0.15, -0.1) is 0 Å². The van der Waals surface area contributed by atoms with Gasteiger partial charge in [0, 0.05) is 56.5 Å². The maximum absolute atomic E-state index is 12.7. The Morgan fingerprint density at radius 2 is 1.85 bits per heavy atom. The third-order valence-corrected chi connectivity index (χ3v) is 5.89. The van der Waals surface area contributed by atoms with E-state index in [1.54, 1.807) is 6.07 Å². The molecule has 3 heterocycles. The molecule has 9 heteroatoms. The van der Waals surface area contributed by atoms with E-state index in [1.807, 2.05) is 48.5 Å². The fourth-order valence-electron chi connectivity index (χ4n) is 4.06. The smallest absolute Gasteiger partial charge is 0.256 e. The normalized spacial score (nSPS) is 14.5. The number of aromatic amines is 2. The highest BCUT2D eigenvalue weighted by molar-refractivity contribution is 6.04. The highest BCUT2D eigenvalue weighted by Gasteiger charge is 2.17. The number of rotatable bonds is 7. The van der Waals surface area contributed by atoms with Gasteiger partial charge in [-0.2, -0.15) is 5.10 Å². The second-order valence-corrected chi connectivity index (χ2v) is 8.05. The fourth-order valence-corrected chi connectivity index (χ4v) is 4.06. The van der Waals surface area contributed by atoms with Crippen molar-refractivity contribution in [1.82, 2.24) is 25.1 Å². The average Bonchev–Trinajstić information content (AvgIpc) is 3.50. The van der Waals surface area contributed by atoms with Crippen molar-refractivity contribution < 1.29 is 9.59 Å². The van der Waals surface area contributed by atoms with Gasteiger partial charge < -0.3 is 20.0 Å². The molecule has 168 valence electrons. The number of nitrogens with one attached hydrogen (secondary N) is 3. The van der Waals surface area contributed by atoms with Gasteiger partial charge >= 0.3 is 0 Å². The lowest BCUT2D eigenvalue weighted by Crippen LogP contribution is -2.46. The lowest BCUT2D eigenvalue weighted by atomic mass is 10.1. The molecule has 1 fully saturated rings. The van der Waals surface area contributed by atoms with Gasteiger partial charge in [0.05, 0.1) is 11.0 Å². The summed E-state index contributed by atoms with van der Waals surface area (Å²) in [5, 5.41) is 9.95. The van der Waals surface area contributed by atoms with Crippen molar-refractivity contribution in [3.8, 4) is 11.5 Å². The van der Waals surface area contributed by atoms with Crippen molar-refractivity contribution in [3.63, 3.8) is 0 Å². The van der Waals surface area contributed by atoms with Crippen LogP contribution < -0.4 is 10.2 Å². The molecule has 0 bridgehead atoms. The highest BCUT2D eigenvalue weighted by atomic mass is 16.1. The number of carbonyl (C=O) groups excluding carboxylic acids is 2. The maximum Gasteiger partial charge on any atom is 0.256 e. The van der Waals surface area contributed by atoms with Crippen LogP contribution in [0.5, 0.6) is 0 Å². The minimum Gasteiger partial charge on any atom is -0.369 e. The second kappa shape index (κ2) is 9.25. The van der Waals surface area contributed by atoms with Crippen LogP contribution in [0.3, 0.4) is 0 Å². The molecular weight excluding hydrogens is 418 g/mol. The lowest BCUT2D eigenvalue weighted by Gasteiger charge is -2.35. The number of fused-ring (bicyclic) bond motifs is 1. The number of aldehydes is 1. The maximum atomic E-state index is 12.7. The number of para-hydroxylation sites is 2. The van der Waals surface area contributed by atoms with Crippen LogP contribution in [0.2, 0.25) is 0 Å². The van der Waals surface area contributed by atoms with Crippen molar-refractivity contribution in [2.75, 3.05) is 42.9 Å². The van der Waals surface area contributed by atoms with Gasteiger partial charge in [0.1, 0.15) is 12.0 Å². The van der Waals surface area contributed by atoms with Crippen LogP contribution >= 0.6 is 0 Å². The molecule has 9 nitrogen and oxygen atoms in total. The quantitative estimate of drug-likeness (QED) is 0.379. The Hall–Kier alpha value is -3.98. The second-order valence-electron chi connectivity index (χ2n) is 8.05. The molecule has 1 aliphatic rings. The topological polar surface area (TPSA) is 110 Å². The van der Waals surface area contributed by atoms with Crippen molar-refractivity contribution >= 4 is 34.7 Å². The lowest BCUT2D eigenvalue weighted by molar-refractivity contribution is -0.108. The number of H-pyrrole nitrogens is 2. The number of hydrogen-bond acceptors (Lipinski definition) is 6. The number of benzene rings is 2. The van der Waals surface area contributed by atoms with E-state index in [4.69, 9.17) is 0 Å². The average molecular weight is 444 g/mol. The Labute approximate surface area is 190 Å². The summed E-state index contributed by atoms with van der Waals surface area (Å²) in [6, 6.07) is 17.1. The number of hydrogen-bond donors (Lipinski definition) is 3. The van der Waals surface area contributed by atoms with Crippen LogP contribution in [-0.4, -0.2) is 70.0 Å². The summed E-state index contributed by atoms with van der Waals surface area (Å²) >= 11 is 0.